The number of amides is 1. The van der Waals surface area contributed by atoms with Gasteiger partial charge in [-0.15, -0.1) is 0 Å². The molecule has 29 heavy (non-hydrogen) atoms. The minimum absolute atomic E-state index is 0.00130. The van der Waals surface area contributed by atoms with Crippen molar-refractivity contribution in [3.8, 4) is 0 Å². The molecule has 0 aliphatic heterocycles. The fraction of sp³-hybridized carbons (Fsp3) is 0.211. The molecule has 0 spiro atoms. The van der Waals surface area contributed by atoms with Gasteiger partial charge in [-0.1, -0.05) is 23.7 Å². The highest BCUT2D eigenvalue weighted by Gasteiger charge is 2.21. The van der Waals surface area contributed by atoms with Crippen LogP contribution >= 0.6 is 11.6 Å². The zero-order chi connectivity index (χ0) is 21.0. The first kappa shape index (κ1) is 20.4. The van der Waals surface area contributed by atoms with Gasteiger partial charge in [-0.25, -0.2) is 4.98 Å². The maximum atomic E-state index is 13.0. The van der Waals surface area contributed by atoms with E-state index < -0.39 is 10.8 Å². The van der Waals surface area contributed by atoms with Crippen molar-refractivity contribution in [1.29, 1.82) is 0 Å². The van der Waals surface area contributed by atoms with E-state index in [1.165, 1.54) is 24.1 Å². The molecule has 0 fully saturated rings. The van der Waals surface area contributed by atoms with Crippen molar-refractivity contribution in [3.63, 3.8) is 0 Å². The second kappa shape index (κ2) is 8.80. The number of halogens is 1. The normalized spacial score (nSPS) is 10.8. The van der Waals surface area contributed by atoms with Crippen molar-refractivity contribution in [3.05, 3.63) is 79.3 Å². The average Bonchev–Trinajstić information content (AvgIpc) is 2.70. The minimum Gasteiger partial charge on any atom is -0.383 e. The molecule has 10 heteroatoms. The number of hydrogen-bond acceptors (Lipinski definition) is 6. The zero-order valence-electron chi connectivity index (χ0n) is 15.4. The number of rotatable bonds is 7. The van der Waals surface area contributed by atoms with E-state index in [9.17, 15) is 19.7 Å². The largest absolute Gasteiger partial charge is 0.383 e. The second-order valence-electron chi connectivity index (χ2n) is 6.17. The molecular weight excluding hydrogens is 400 g/mol. The van der Waals surface area contributed by atoms with Crippen LogP contribution < -0.4 is 5.56 Å². The minimum atomic E-state index is -0.652. The van der Waals surface area contributed by atoms with Crippen LogP contribution in [0, 0.1) is 10.1 Å². The molecule has 0 saturated carbocycles. The van der Waals surface area contributed by atoms with Crippen LogP contribution in [0.15, 0.2) is 47.3 Å². The van der Waals surface area contributed by atoms with Crippen molar-refractivity contribution in [2.24, 2.45) is 0 Å². The number of nitro groups is 1. The van der Waals surface area contributed by atoms with Gasteiger partial charge < -0.3 is 14.6 Å². The van der Waals surface area contributed by atoms with Gasteiger partial charge in [-0.05, 0) is 24.3 Å². The van der Waals surface area contributed by atoms with Gasteiger partial charge in [0.2, 0.25) is 0 Å². The lowest BCUT2D eigenvalue weighted by atomic mass is 10.1. The first-order chi connectivity index (χ1) is 13.9. The Morgan fingerprint density at radius 2 is 2.07 bits per heavy atom. The predicted octanol–water partition coefficient (Wildman–Crippen LogP) is 2.77. The molecule has 1 N–H and O–H groups in total. The Hall–Kier alpha value is -3.30. The smallest absolute Gasteiger partial charge is 0.288 e. The Morgan fingerprint density at radius 3 is 2.79 bits per heavy atom. The van der Waals surface area contributed by atoms with E-state index in [2.05, 4.69) is 9.97 Å². The predicted molar refractivity (Wildman–Crippen MR) is 107 cm³/mol. The summed E-state index contributed by atoms with van der Waals surface area (Å²) in [6.07, 6.45) is 0. The number of H-pyrrole nitrogens is 1. The molecule has 3 rings (SSSR count). The standard InChI is InChI=1S/C19H17ClN4O5/c1-29-9-8-23(19(26)12-6-7-14(20)16(10-12)24(27)28)11-17-21-15-5-3-2-4-13(15)18(25)22-17/h2-7,10H,8-9,11H2,1H3,(H,21,22,25). The fourth-order valence-corrected chi connectivity index (χ4v) is 3.00. The van der Waals surface area contributed by atoms with Gasteiger partial charge in [0.15, 0.2) is 0 Å². The van der Waals surface area contributed by atoms with Gasteiger partial charge in [0.1, 0.15) is 10.8 Å². The molecule has 3 aromatic rings. The summed E-state index contributed by atoms with van der Waals surface area (Å²) in [4.78, 5) is 44.2. The van der Waals surface area contributed by atoms with Crippen molar-refractivity contribution >= 4 is 34.1 Å². The lowest BCUT2D eigenvalue weighted by Crippen LogP contribution is -2.34. The van der Waals surface area contributed by atoms with E-state index in [1.54, 1.807) is 24.3 Å². The van der Waals surface area contributed by atoms with Crippen LogP contribution in [0.5, 0.6) is 0 Å². The van der Waals surface area contributed by atoms with Gasteiger partial charge >= 0.3 is 0 Å². The van der Waals surface area contributed by atoms with E-state index in [4.69, 9.17) is 16.3 Å². The van der Waals surface area contributed by atoms with E-state index in [1.807, 2.05) is 0 Å². The van der Waals surface area contributed by atoms with Gasteiger partial charge in [-0.2, -0.15) is 0 Å². The number of hydrogen-bond donors (Lipinski definition) is 1. The number of fused-ring (bicyclic) bond motifs is 1. The van der Waals surface area contributed by atoms with Crippen LogP contribution in [0.3, 0.4) is 0 Å². The molecule has 0 aliphatic rings. The van der Waals surface area contributed by atoms with Gasteiger partial charge in [0, 0.05) is 25.3 Å². The number of carbonyl (C=O) groups excluding carboxylic acids is 1. The Bertz CT molecular complexity index is 1130. The third-order valence-corrected chi connectivity index (χ3v) is 4.56. The number of aromatic amines is 1. The number of aromatic nitrogens is 2. The molecule has 0 bridgehead atoms. The molecule has 1 heterocycles. The quantitative estimate of drug-likeness (QED) is 0.467. The summed E-state index contributed by atoms with van der Waals surface area (Å²) in [5.74, 6) is -0.181. The van der Waals surface area contributed by atoms with Crippen LogP contribution in [0.4, 0.5) is 5.69 Å². The van der Waals surface area contributed by atoms with E-state index in [-0.39, 0.29) is 41.5 Å². The molecule has 0 atom stereocenters. The molecule has 0 radical (unpaired) electrons. The number of nitro benzene ring substituents is 1. The molecule has 2 aromatic carbocycles. The summed E-state index contributed by atoms with van der Waals surface area (Å²) in [6, 6.07) is 10.7. The molecule has 0 aliphatic carbocycles. The first-order valence-electron chi connectivity index (χ1n) is 8.61. The number of ether oxygens (including phenoxy) is 1. The number of carbonyl (C=O) groups is 1. The topological polar surface area (TPSA) is 118 Å². The summed E-state index contributed by atoms with van der Waals surface area (Å²) < 4.78 is 5.06. The first-order valence-corrected chi connectivity index (χ1v) is 8.98. The summed E-state index contributed by atoms with van der Waals surface area (Å²) >= 11 is 5.83. The van der Waals surface area contributed by atoms with Crippen LogP contribution in [0.1, 0.15) is 16.2 Å². The highest BCUT2D eigenvalue weighted by molar-refractivity contribution is 6.32. The van der Waals surface area contributed by atoms with Crippen molar-refractivity contribution in [2.45, 2.75) is 6.54 Å². The monoisotopic (exact) mass is 416 g/mol. The van der Waals surface area contributed by atoms with Gasteiger partial charge in [-0.3, -0.25) is 19.7 Å². The average molecular weight is 417 g/mol. The SMILES string of the molecule is COCCN(Cc1nc2ccccc2c(=O)[nH]1)C(=O)c1ccc(Cl)c([N+](=O)[O-])c1. The molecule has 1 amide bonds. The summed E-state index contributed by atoms with van der Waals surface area (Å²) in [6.45, 7) is 0.431. The van der Waals surface area contributed by atoms with E-state index in [0.29, 0.717) is 16.7 Å². The van der Waals surface area contributed by atoms with Crippen LogP contribution in [0.2, 0.25) is 5.02 Å². The number of benzene rings is 2. The van der Waals surface area contributed by atoms with E-state index in [0.717, 1.165) is 6.07 Å². The molecule has 0 unspecified atom stereocenters. The number of nitrogens with one attached hydrogen (secondary N) is 1. The maximum Gasteiger partial charge on any atom is 0.288 e. The van der Waals surface area contributed by atoms with Crippen LogP contribution in [-0.2, 0) is 11.3 Å². The fourth-order valence-electron chi connectivity index (χ4n) is 2.81. The van der Waals surface area contributed by atoms with Crippen molar-refractivity contribution in [2.75, 3.05) is 20.3 Å². The Balaban J connectivity index is 1.94. The highest BCUT2D eigenvalue weighted by Crippen LogP contribution is 2.26. The Morgan fingerprint density at radius 1 is 1.31 bits per heavy atom. The molecule has 150 valence electrons. The molecular formula is C19H17ClN4O5. The molecule has 0 saturated heterocycles. The number of para-hydroxylation sites is 1. The number of methoxy groups -OCH3 is 1. The number of nitrogens with zero attached hydrogens (tertiary/aromatic N) is 3. The second-order valence-corrected chi connectivity index (χ2v) is 6.58. The summed E-state index contributed by atoms with van der Waals surface area (Å²) in [5.41, 5.74) is -0.0684. The summed E-state index contributed by atoms with van der Waals surface area (Å²) in [5, 5.41) is 11.5. The lowest BCUT2D eigenvalue weighted by Gasteiger charge is -2.22. The Labute approximate surface area is 170 Å². The van der Waals surface area contributed by atoms with Crippen LogP contribution in [-0.4, -0.2) is 46.0 Å². The summed E-state index contributed by atoms with van der Waals surface area (Å²) in [7, 11) is 1.49. The molecule has 1 aromatic heterocycles. The third kappa shape index (κ3) is 4.58. The van der Waals surface area contributed by atoms with Gasteiger partial charge in [0.05, 0.1) is 29.0 Å². The van der Waals surface area contributed by atoms with Crippen LogP contribution in [0.25, 0.3) is 10.9 Å². The molecule has 9 nitrogen and oxygen atoms in total. The Kier molecular flexibility index (Phi) is 6.20. The lowest BCUT2D eigenvalue weighted by molar-refractivity contribution is -0.384. The third-order valence-electron chi connectivity index (χ3n) is 4.24. The van der Waals surface area contributed by atoms with E-state index >= 15 is 0 Å². The van der Waals surface area contributed by atoms with Gasteiger partial charge in [0.25, 0.3) is 17.2 Å². The zero-order valence-corrected chi connectivity index (χ0v) is 16.2. The maximum absolute atomic E-state index is 13.0. The highest BCUT2D eigenvalue weighted by atomic mass is 35.5. The van der Waals surface area contributed by atoms with Crippen molar-refractivity contribution < 1.29 is 14.5 Å². The van der Waals surface area contributed by atoms with Crippen molar-refractivity contribution in [1.82, 2.24) is 14.9 Å².